The molecule has 0 spiro atoms. The van der Waals surface area contributed by atoms with Crippen molar-refractivity contribution in [2.24, 2.45) is 0 Å². The van der Waals surface area contributed by atoms with Gasteiger partial charge in [-0.15, -0.1) is 0 Å². The molecule has 0 amide bonds. The first kappa shape index (κ1) is 17.5. The molecule has 0 aliphatic rings. The summed E-state index contributed by atoms with van der Waals surface area (Å²) in [5, 5.41) is 10.8. The summed E-state index contributed by atoms with van der Waals surface area (Å²) in [5.74, 6) is -0.489. The molecule has 0 aromatic heterocycles. The van der Waals surface area contributed by atoms with Crippen LogP contribution in [-0.4, -0.2) is 23.8 Å². The number of halogens is 1. The fourth-order valence-electron chi connectivity index (χ4n) is 2.19. The average molecular weight is 335 g/mol. The topological polar surface area (TPSA) is 55.8 Å². The monoisotopic (exact) mass is 334 g/mol. The van der Waals surface area contributed by atoms with E-state index in [1.54, 1.807) is 24.3 Å². The number of benzene rings is 2. The van der Waals surface area contributed by atoms with Crippen LogP contribution in [0.15, 0.2) is 54.6 Å². The zero-order chi connectivity index (χ0) is 16.7. The molecule has 0 radical (unpaired) electrons. The van der Waals surface area contributed by atoms with Crippen LogP contribution in [0.25, 0.3) is 0 Å². The highest BCUT2D eigenvalue weighted by molar-refractivity contribution is 6.31. The predicted molar refractivity (Wildman–Crippen MR) is 88.1 cm³/mol. The second kappa shape index (κ2) is 8.67. The van der Waals surface area contributed by atoms with Crippen molar-refractivity contribution in [1.82, 2.24) is 0 Å². The largest absolute Gasteiger partial charge is 0.455 e. The molecule has 0 aliphatic heterocycles. The highest BCUT2D eigenvalue weighted by Crippen LogP contribution is 2.28. The SMILES string of the molecule is CC(=O)OC(c1ccccc1Cl)[C@H](O)COCc1ccccc1. The molecule has 1 N–H and O–H groups in total. The van der Waals surface area contributed by atoms with Crippen molar-refractivity contribution in [3.63, 3.8) is 0 Å². The number of hydrogen-bond donors (Lipinski definition) is 1. The molecule has 0 aliphatic carbocycles. The number of carbonyl (C=O) groups is 1. The van der Waals surface area contributed by atoms with E-state index in [2.05, 4.69) is 0 Å². The lowest BCUT2D eigenvalue weighted by molar-refractivity contribution is -0.155. The minimum absolute atomic E-state index is 0.0259. The molecule has 1 unspecified atom stereocenters. The minimum atomic E-state index is -1.01. The first-order chi connectivity index (χ1) is 11.1. The summed E-state index contributed by atoms with van der Waals surface area (Å²) in [6.45, 7) is 1.69. The molecule has 2 aromatic carbocycles. The van der Waals surface area contributed by atoms with Gasteiger partial charge in [0.05, 0.1) is 13.2 Å². The Kier molecular flexibility index (Phi) is 6.59. The van der Waals surface area contributed by atoms with Crippen LogP contribution in [0.3, 0.4) is 0 Å². The third-order valence-electron chi connectivity index (χ3n) is 3.25. The first-order valence-electron chi connectivity index (χ1n) is 7.29. The van der Waals surface area contributed by atoms with Gasteiger partial charge in [-0.3, -0.25) is 4.79 Å². The van der Waals surface area contributed by atoms with Crippen LogP contribution in [0.1, 0.15) is 24.2 Å². The Labute approximate surface area is 140 Å². The van der Waals surface area contributed by atoms with Crippen LogP contribution in [0.4, 0.5) is 0 Å². The second-order valence-electron chi connectivity index (χ2n) is 5.12. The van der Waals surface area contributed by atoms with E-state index in [1.807, 2.05) is 30.3 Å². The fourth-order valence-corrected chi connectivity index (χ4v) is 2.44. The van der Waals surface area contributed by atoms with Crippen molar-refractivity contribution in [3.05, 3.63) is 70.7 Å². The maximum atomic E-state index is 11.3. The van der Waals surface area contributed by atoms with Crippen molar-refractivity contribution in [2.45, 2.75) is 25.7 Å². The van der Waals surface area contributed by atoms with Gasteiger partial charge in [0.1, 0.15) is 6.10 Å². The third kappa shape index (κ3) is 5.36. The molecule has 5 heteroatoms. The zero-order valence-electron chi connectivity index (χ0n) is 12.8. The van der Waals surface area contributed by atoms with Gasteiger partial charge in [0.2, 0.25) is 0 Å². The maximum Gasteiger partial charge on any atom is 0.303 e. The van der Waals surface area contributed by atoms with Crippen molar-refractivity contribution in [3.8, 4) is 0 Å². The van der Waals surface area contributed by atoms with Gasteiger partial charge in [0.25, 0.3) is 0 Å². The van der Waals surface area contributed by atoms with Crippen LogP contribution in [-0.2, 0) is 20.9 Å². The Morgan fingerprint density at radius 1 is 1.13 bits per heavy atom. The van der Waals surface area contributed by atoms with Crippen LogP contribution >= 0.6 is 11.6 Å². The normalized spacial score (nSPS) is 13.3. The lowest BCUT2D eigenvalue weighted by atomic mass is 10.0. The molecule has 0 heterocycles. The zero-order valence-corrected chi connectivity index (χ0v) is 13.6. The summed E-state index contributed by atoms with van der Waals surface area (Å²) in [4.78, 5) is 11.3. The summed E-state index contributed by atoms with van der Waals surface area (Å²) < 4.78 is 10.7. The van der Waals surface area contributed by atoms with Gasteiger partial charge in [-0.2, -0.15) is 0 Å². The van der Waals surface area contributed by atoms with E-state index in [-0.39, 0.29) is 6.61 Å². The van der Waals surface area contributed by atoms with Crippen molar-refractivity contribution in [2.75, 3.05) is 6.61 Å². The lowest BCUT2D eigenvalue weighted by Crippen LogP contribution is -2.28. The van der Waals surface area contributed by atoms with E-state index in [1.165, 1.54) is 6.92 Å². The van der Waals surface area contributed by atoms with Gasteiger partial charge < -0.3 is 14.6 Å². The molecule has 122 valence electrons. The Morgan fingerprint density at radius 2 is 1.78 bits per heavy atom. The molecule has 0 fully saturated rings. The minimum Gasteiger partial charge on any atom is -0.455 e. The Morgan fingerprint density at radius 3 is 2.43 bits per heavy atom. The van der Waals surface area contributed by atoms with Gasteiger partial charge in [-0.1, -0.05) is 60.1 Å². The predicted octanol–water partition coefficient (Wildman–Crippen LogP) is 3.52. The summed E-state index contributed by atoms with van der Waals surface area (Å²) in [6, 6.07) is 16.6. The number of esters is 1. The molecule has 2 atom stereocenters. The highest BCUT2D eigenvalue weighted by atomic mass is 35.5. The summed E-state index contributed by atoms with van der Waals surface area (Å²) in [5.41, 5.74) is 1.56. The molecular weight excluding hydrogens is 316 g/mol. The van der Waals surface area contributed by atoms with Crippen LogP contribution < -0.4 is 0 Å². The van der Waals surface area contributed by atoms with Gasteiger partial charge >= 0.3 is 5.97 Å². The van der Waals surface area contributed by atoms with Crippen LogP contribution in [0, 0.1) is 0 Å². The summed E-state index contributed by atoms with van der Waals surface area (Å²) >= 11 is 6.13. The van der Waals surface area contributed by atoms with Gasteiger partial charge in [-0.05, 0) is 11.6 Å². The fraction of sp³-hybridized carbons (Fsp3) is 0.278. The molecule has 23 heavy (non-hydrogen) atoms. The van der Waals surface area contributed by atoms with E-state index in [0.29, 0.717) is 17.2 Å². The van der Waals surface area contributed by atoms with E-state index < -0.39 is 18.2 Å². The van der Waals surface area contributed by atoms with Gasteiger partial charge in [0.15, 0.2) is 6.10 Å². The van der Waals surface area contributed by atoms with Crippen molar-refractivity contribution in [1.29, 1.82) is 0 Å². The van der Waals surface area contributed by atoms with E-state index in [4.69, 9.17) is 21.1 Å². The quantitative estimate of drug-likeness (QED) is 0.787. The molecule has 0 saturated heterocycles. The number of hydrogen-bond acceptors (Lipinski definition) is 4. The number of aliphatic hydroxyl groups excluding tert-OH is 1. The lowest BCUT2D eigenvalue weighted by Gasteiger charge is -2.23. The highest BCUT2D eigenvalue weighted by Gasteiger charge is 2.26. The molecule has 0 saturated carbocycles. The van der Waals surface area contributed by atoms with Crippen molar-refractivity contribution < 1.29 is 19.4 Å². The number of carbonyl (C=O) groups excluding carboxylic acids is 1. The number of aliphatic hydroxyl groups is 1. The van der Waals surface area contributed by atoms with Gasteiger partial charge in [-0.25, -0.2) is 0 Å². The molecule has 0 bridgehead atoms. The molecule has 4 nitrogen and oxygen atoms in total. The second-order valence-corrected chi connectivity index (χ2v) is 5.53. The number of rotatable bonds is 7. The Balaban J connectivity index is 2.01. The summed E-state index contributed by atoms with van der Waals surface area (Å²) in [6.07, 6.45) is -1.88. The maximum absolute atomic E-state index is 11.3. The van der Waals surface area contributed by atoms with E-state index in [0.717, 1.165) is 5.56 Å². The smallest absolute Gasteiger partial charge is 0.303 e. The first-order valence-corrected chi connectivity index (χ1v) is 7.67. The van der Waals surface area contributed by atoms with E-state index >= 15 is 0 Å². The molecule has 2 aromatic rings. The van der Waals surface area contributed by atoms with Crippen molar-refractivity contribution >= 4 is 17.6 Å². The van der Waals surface area contributed by atoms with Crippen LogP contribution in [0.5, 0.6) is 0 Å². The van der Waals surface area contributed by atoms with Gasteiger partial charge in [0, 0.05) is 17.5 Å². The molecule has 2 rings (SSSR count). The molecular formula is C18H19ClO4. The standard InChI is InChI=1S/C18H19ClO4/c1-13(20)23-18(15-9-5-6-10-16(15)19)17(21)12-22-11-14-7-3-2-4-8-14/h2-10,17-18,21H,11-12H2,1H3/t17-,18?/m1/s1. The summed E-state index contributed by atoms with van der Waals surface area (Å²) in [7, 11) is 0. The van der Waals surface area contributed by atoms with Crippen LogP contribution in [0.2, 0.25) is 5.02 Å². The Hall–Kier alpha value is -1.88. The average Bonchev–Trinajstić information content (AvgIpc) is 2.54. The Bertz CT molecular complexity index is 630. The number of ether oxygens (including phenoxy) is 2. The third-order valence-corrected chi connectivity index (χ3v) is 3.60. The van der Waals surface area contributed by atoms with E-state index in [9.17, 15) is 9.90 Å².